The summed E-state index contributed by atoms with van der Waals surface area (Å²) in [5, 5.41) is 16.1. The number of unbranched alkanes of at least 4 members (excludes halogenated alkanes) is 2. The van der Waals surface area contributed by atoms with Gasteiger partial charge in [0, 0.05) is 39.1 Å². The monoisotopic (exact) mass is 624 g/mol. The molecule has 0 aromatic carbocycles. The van der Waals surface area contributed by atoms with Crippen molar-refractivity contribution in [3.8, 4) is 0 Å². The van der Waals surface area contributed by atoms with Gasteiger partial charge in [-0.1, -0.05) is 75.3 Å². The van der Waals surface area contributed by atoms with E-state index >= 15 is 0 Å². The Kier molecular flexibility index (Phi) is 22.3. The van der Waals surface area contributed by atoms with Gasteiger partial charge in [-0.05, 0) is 86.9 Å². The molecule has 5 unspecified atom stereocenters. The van der Waals surface area contributed by atoms with Crippen molar-refractivity contribution in [2.75, 3.05) is 13.2 Å². The molecule has 33 heavy (non-hydrogen) atoms. The van der Waals surface area contributed by atoms with Gasteiger partial charge in [-0.2, -0.15) is 0 Å². The zero-order chi connectivity index (χ0) is 21.6. The van der Waals surface area contributed by atoms with E-state index in [1.54, 1.807) is 0 Å². The molecule has 0 radical (unpaired) electrons. The summed E-state index contributed by atoms with van der Waals surface area (Å²) in [5.74, 6) is 5.36. The van der Waals surface area contributed by atoms with Crippen LogP contribution in [0.1, 0.15) is 78.1 Å². The SMILES string of the molecule is C1=CC2CCC(CC[C@H]3CCC4C=CC=CC43)C2C=C1.CCCCO.CCCCO.[CH3-].[CH3-].[Hf]. The van der Waals surface area contributed by atoms with E-state index in [9.17, 15) is 0 Å². The van der Waals surface area contributed by atoms with Gasteiger partial charge < -0.3 is 25.1 Å². The Morgan fingerprint density at radius 2 is 0.970 bits per heavy atom. The van der Waals surface area contributed by atoms with Crippen molar-refractivity contribution in [2.45, 2.75) is 78.1 Å². The van der Waals surface area contributed by atoms with Gasteiger partial charge in [-0.3, -0.25) is 0 Å². The molecule has 2 fully saturated rings. The number of aliphatic hydroxyl groups excluding tert-OH is 2. The molecule has 4 aliphatic carbocycles. The van der Waals surface area contributed by atoms with E-state index in [2.05, 4.69) is 62.5 Å². The predicted molar refractivity (Wildman–Crippen MR) is 142 cm³/mol. The van der Waals surface area contributed by atoms with E-state index in [-0.39, 0.29) is 40.7 Å². The molecule has 0 bridgehead atoms. The molecular formula is C30H52HfO2-2. The minimum absolute atomic E-state index is 0. The van der Waals surface area contributed by atoms with Crippen molar-refractivity contribution < 1.29 is 36.1 Å². The molecule has 2 saturated carbocycles. The summed E-state index contributed by atoms with van der Waals surface area (Å²) >= 11 is 0. The molecule has 2 N–H and O–H groups in total. The number of fused-ring (bicyclic) bond motifs is 2. The molecule has 4 aliphatic rings. The number of allylic oxidation sites excluding steroid dienone is 8. The van der Waals surface area contributed by atoms with Crippen molar-refractivity contribution in [1.82, 2.24) is 0 Å². The van der Waals surface area contributed by atoms with Crippen molar-refractivity contribution in [3.05, 3.63) is 63.5 Å². The van der Waals surface area contributed by atoms with Crippen LogP contribution in [0, 0.1) is 50.4 Å². The Hall–Kier alpha value is -0.250. The summed E-state index contributed by atoms with van der Waals surface area (Å²) in [5.41, 5.74) is 0. The van der Waals surface area contributed by atoms with E-state index < -0.39 is 0 Å². The quantitative estimate of drug-likeness (QED) is 0.225. The molecular weight excluding hydrogens is 571 g/mol. The van der Waals surface area contributed by atoms with E-state index in [4.69, 9.17) is 10.2 Å². The molecule has 0 aliphatic heterocycles. The molecule has 0 heterocycles. The van der Waals surface area contributed by atoms with E-state index in [1.165, 1.54) is 38.5 Å². The molecule has 4 rings (SSSR count). The van der Waals surface area contributed by atoms with E-state index in [0.29, 0.717) is 13.2 Å². The van der Waals surface area contributed by atoms with Crippen LogP contribution in [0.2, 0.25) is 0 Å². The van der Waals surface area contributed by atoms with Crippen LogP contribution in [-0.4, -0.2) is 23.4 Å². The van der Waals surface area contributed by atoms with Gasteiger partial charge >= 0.3 is 0 Å². The minimum Gasteiger partial charge on any atom is -0.396 e. The Morgan fingerprint density at radius 3 is 1.27 bits per heavy atom. The van der Waals surface area contributed by atoms with Crippen LogP contribution in [0.25, 0.3) is 0 Å². The summed E-state index contributed by atoms with van der Waals surface area (Å²) in [6.45, 7) is 4.79. The summed E-state index contributed by atoms with van der Waals surface area (Å²) in [7, 11) is 0. The molecule has 0 saturated heterocycles. The summed E-state index contributed by atoms with van der Waals surface area (Å²) < 4.78 is 0. The zero-order valence-corrected chi connectivity index (χ0v) is 25.6. The van der Waals surface area contributed by atoms with E-state index in [0.717, 1.165) is 61.2 Å². The largest absolute Gasteiger partial charge is 0.396 e. The van der Waals surface area contributed by atoms with Crippen LogP contribution >= 0.6 is 0 Å². The van der Waals surface area contributed by atoms with Gasteiger partial charge in [-0.25, -0.2) is 0 Å². The summed E-state index contributed by atoms with van der Waals surface area (Å²) in [6, 6.07) is 0. The number of hydrogen-bond acceptors (Lipinski definition) is 2. The molecule has 0 aromatic heterocycles. The fourth-order valence-electron chi connectivity index (χ4n) is 5.55. The van der Waals surface area contributed by atoms with Crippen LogP contribution in [0.4, 0.5) is 0 Å². The second kappa shape index (κ2) is 21.1. The molecule has 2 nitrogen and oxygen atoms in total. The molecule has 0 amide bonds. The van der Waals surface area contributed by atoms with Gasteiger partial charge in [0.2, 0.25) is 0 Å². The maximum Gasteiger partial charge on any atom is 0.0430 e. The average molecular weight is 623 g/mol. The standard InChI is InChI=1S/C20H26.2C4H10O.2CH3.Hf/c1-3-7-19-15(5-1)9-11-17(19)13-14-18-12-10-16-6-2-4-8-20(16)18;2*1-2-3-4-5;;;/h1-8,15-20H,9-14H2;2*5H,2-4H2,1H3;2*1H3;/q;;;2*-1;/t15?,16?,17-,18?,19?,20?;;;;;/m1...../s1. The van der Waals surface area contributed by atoms with Crippen LogP contribution in [0.5, 0.6) is 0 Å². The Morgan fingerprint density at radius 1 is 0.606 bits per heavy atom. The van der Waals surface area contributed by atoms with Gasteiger partial charge in [0.1, 0.15) is 0 Å². The normalized spacial score (nSPS) is 29.7. The number of aliphatic hydroxyl groups is 2. The first kappa shape index (κ1) is 34.9. The van der Waals surface area contributed by atoms with E-state index in [1.807, 2.05) is 0 Å². The third kappa shape index (κ3) is 11.8. The Labute approximate surface area is 225 Å². The van der Waals surface area contributed by atoms with Crippen LogP contribution in [0.3, 0.4) is 0 Å². The van der Waals surface area contributed by atoms with Gasteiger partial charge in [0.25, 0.3) is 0 Å². The third-order valence-corrected chi connectivity index (χ3v) is 7.36. The number of hydrogen-bond donors (Lipinski definition) is 2. The molecule has 6 atom stereocenters. The van der Waals surface area contributed by atoms with Gasteiger partial charge in [-0.15, -0.1) is 0 Å². The Balaban J connectivity index is 0. The fraction of sp³-hybridized carbons (Fsp3) is 0.667. The van der Waals surface area contributed by atoms with Crippen LogP contribution < -0.4 is 0 Å². The van der Waals surface area contributed by atoms with Crippen molar-refractivity contribution in [2.24, 2.45) is 35.5 Å². The van der Waals surface area contributed by atoms with Gasteiger partial charge in [0.15, 0.2) is 0 Å². The first-order valence-corrected chi connectivity index (χ1v) is 12.7. The van der Waals surface area contributed by atoms with Crippen molar-refractivity contribution in [3.63, 3.8) is 0 Å². The second-order valence-corrected chi connectivity index (χ2v) is 9.43. The number of rotatable bonds is 7. The molecule has 0 spiro atoms. The molecule has 3 heteroatoms. The molecule has 190 valence electrons. The van der Waals surface area contributed by atoms with Crippen molar-refractivity contribution in [1.29, 1.82) is 0 Å². The molecule has 0 aromatic rings. The second-order valence-electron chi connectivity index (χ2n) is 9.43. The zero-order valence-electron chi connectivity index (χ0n) is 22.0. The maximum absolute atomic E-state index is 8.07. The smallest absolute Gasteiger partial charge is 0.0430 e. The summed E-state index contributed by atoms with van der Waals surface area (Å²) in [4.78, 5) is 0. The summed E-state index contributed by atoms with van der Waals surface area (Å²) in [6.07, 6.45) is 31.7. The third-order valence-electron chi connectivity index (χ3n) is 7.36. The minimum atomic E-state index is 0. The first-order chi connectivity index (χ1) is 14.7. The van der Waals surface area contributed by atoms with Crippen LogP contribution in [-0.2, 0) is 25.8 Å². The van der Waals surface area contributed by atoms with Gasteiger partial charge in [0.05, 0.1) is 0 Å². The Bertz CT molecular complexity index is 512. The van der Waals surface area contributed by atoms with Crippen molar-refractivity contribution >= 4 is 0 Å². The average Bonchev–Trinajstić information content (AvgIpc) is 3.38. The first-order valence-electron chi connectivity index (χ1n) is 12.7. The fourth-order valence-corrected chi connectivity index (χ4v) is 5.55. The van der Waals surface area contributed by atoms with Crippen LogP contribution in [0.15, 0.2) is 48.6 Å². The predicted octanol–water partition coefficient (Wildman–Crippen LogP) is 7.76. The topological polar surface area (TPSA) is 40.5 Å². The maximum atomic E-state index is 8.07.